The van der Waals surface area contributed by atoms with Gasteiger partial charge in [-0.15, -0.1) is 0 Å². The van der Waals surface area contributed by atoms with E-state index in [1.165, 1.54) is 25.8 Å². The molecule has 0 aromatic rings. The standard InChI is InChI=1S/C10H20N2O2S/c1-7(13)9(11)6-12(8(2)14)15-10(3,4)5/h9H,6,11H2,1-5H3/t9-/m0/s1. The molecule has 5 heteroatoms. The summed E-state index contributed by atoms with van der Waals surface area (Å²) in [6, 6.07) is -0.594. The molecule has 88 valence electrons. The number of rotatable bonds is 4. The lowest BCUT2D eigenvalue weighted by Gasteiger charge is -2.29. The van der Waals surface area contributed by atoms with Crippen LogP contribution in [0.1, 0.15) is 34.6 Å². The highest BCUT2D eigenvalue weighted by atomic mass is 32.2. The van der Waals surface area contributed by atoms with Crippen LogP contribution in [-0.4, -0.2) is 33.3 Å². The maximum absolute atomic E-state index is 11.3. The number of amides is 1. The normalized spacial score (nSPS) is 13.5. The van der Waals surface area contributed by atoms with Gasteiger partial charge in [0.15, 0.2) is 0 Å². The molecule has 0 fully saturated rings. The second-order valence-corrected chi connectivity index (χ2v) is 6.35. The lowest BCUT2D eigenvalue weighted by atomic mass is 10.2. The van der Waals surface area contributed by atoms with Gasteiger partial charge in [-0.25, -0.2) is 0 Å². The summed E-state index contributed by atoms with van der Waals surface area (Å²) in [5.41, 5.74) is 5.62. The fourth-order valence-corrected chi connectivity index (χ4v) is 1.89. The van der Waals surface area contributed by atoms with Crippen LogP contribution in [0, 0.1) is 0 Å². The molecule has 0 aliphatic carbocycles. The van der Waals surface area contributed by atoms with E-state index >= 15 is 0 Å². The molecule has 2 N–H and O–H groups in total. The minimum Gasteiger partial charge on any atom is -0.320 e. The van der Waals surface area contributed by atoms with Crippen LogP contribution < -0.4 is 5.73 Å². The lowest BCUT2D eigenvalue weighted by molar-refractivity contribution is -0.124. The van der Waals surface area contributed by atoms with Crippen molar-refractivity contribution in [2.75, 3.05) is 6.54 Å². The lowest BCUT2D eigenvalue weighted by Crippen LogP contribution is -2.42. The predicted octanol–water partition coefficient (Wildman–Crippen LogP) is 1.20. The van der Waals surface area contributed by atoms with E-state index in [-0.39, 0.29) is 23.0 Å². The number of nitrogens with zero attached hydrogens (tertiary/aromatic N) is 1. The Labute approximate surface area is 95.7 Å². The molecule has 0 aromatic carbocycles. The Morgan fingerprint density at radius 1 is 1.33 bits per heavy atom. The molecule has 0 heterocycles. The second kappa shape index (κ2) is 5.51. The summed E-state index contributed by atoms with van der Waals surface area (Å²) in [5.74, 6) is -0.178. The maximum Gasteiger partial charge on any atom is 0.229 e. The van der Waals surface area contributed by atoms with E-state index in [0.29, 0.717) is 0 Å². The van der Waals surface area contributed by atoms with Gasteiger partial charge < -0.3 is 5.73 Å². The van der Waals surface area contributed by atoms with E-state index in [2.05, 4.69) is 0 Å². The van der Waals surface area contributed by atoms with E-state index < -0.39 is 6.04 Å². The smallest absolute Gasteiger partial charge is 0.229 e. The van der Waals surface area contributed by atoms with Gasteiger partial charge in [0.05, 0.1) is 12.6 Å². The molecule has 0 aliphatic rings. The molecular formula is C10H20N2O2S. The van der Waals surface area contributed by atoms with Crippen LogP contribution in [0.5, 0.6) is 0 Å². The van der Waals surface area contributed by atoms with E-state index in [4.69, 9.17) is 5.73 Å². The first-order valence-corrected chi connectivity index (χ1v) is 5.64. The first-order valence-electron chi connectivity index (χ1n) is 4.87. The molecular weight excluding hydrogens is 212 g/mol. The number of nitrogens with two attached hydrogens (primary N) is 1. The summed E-state index contributed by atoms with van der Waals surface area (Å²) in [5, 5.41) is 0. The minimum atomic E-state index is -0.594. The zero-order valence-corrected chi connectivity index (χ0v) is 10.9. The van der Waals surface area contributed by atoms with Crippen molar-refractivity contribution >= 4 is 23.6 Å². The fourth-order valence-electron chi connectivity index (χ4n) is 0.868. The third kappa shape index (κ3) is 6.52. The van der Waals surface area contributed by atoms with Gasteiger partial charge in [-0.3, -0.25) is 13.9 Å². The average Bonchev–Trinajstić information content (AvgIpc) is 1.99. The molecule has 1 atom stereocenters. The Kier molecular flexibility index (Phi) is 5.31. The van der Waals surface area contributed by atoms with Gasteiger partial charge in [0.2, 0.25) is 5.91 Å². The molecule has 0 aliphatic heterocycles. The number of ketones is 1. The summed E-state index contributed by atoms with van der Waals surface area (Å²) < 4.78 is 1.48. The van der Waals surface area contributed by atoms with Crippen LogP contribution >= 0.6 is 11.9 Å². The van der Waals surface area contributed by atoms with Gasteiger partial charge in [0, 0.05) is 11.7 Å². The van der Waals surface area contributed by atoms with Gasteiger partial charge >= 0.3 is 0 Å². The minimum absolute atomic E-state index is 0.0673. The number of Topliss-reactive ketones (excluding diaryl/α,β-unsaturated/α-hetero) is 1. The molecule has 4 nitrogen and oxygen atoms in total. The van der Waals surface area contributed by atoms with E-state index in [1.54, 1.807) is 4.31 Å². The summed E-state index contributed by atoms with van der Waals surface area (Å²) in [4.78, 5) is 22.3. The Balaban J connectivity index is 4.42. The Morgan fingerprint density at radius 2 is 1.80 bits per heavy atom. The van der Waals surface area contributed by atoms with Crippen molar-refractivity contribution in [1.29, 1.82) is 0 Å². The average molecular weight is 232 g/mol. The predicted molar refractivity (Wildman–Crippen MR) is 63.4 cm³/mol. The zero-order chi connectivity index (χ0) is 12.2. The Hall–Kier alpha value is -0.550. The number of hydrogen-bond donors (Lipinski definition) is 1. The SMILES string of the molecule is CC(=O)[C@@H](N)CN(SC(C)(C)C)C(C)=O. The highest BCUT2D eigenvalue weighted by Gasteiger charge is 2.22. The van der Waals surface area contributed by atoms with E-state index in [1.807, 2.05) is 20.8 Å². The molecule has 0 bridgehead atoms. The van der Waals surface area contributed by atoms with Crippen molar-refractivity contribution in [3.63, 3.8) is 0 Å². The molecule has 1 amide bonds. The molecule has 0 saturated carbocycles. The van der Waals surface area contributed by atoms with Gasteiger partial charge in [-0.05, 0) is 39.6 Å². The highest BCUT2D eigenvalue weighted by Crippen LogP contribution is 2.27. The molecule has 0 radical (unpaired) electrons. The molecule has 0 rings (SSSR count). The molecule has 0 spiro atoms. The van der Waals surface area contributed by atoms with Crippen molar-refractivity contribution in [2.45, 2.75) is 45.4 Å². The molecule has 15 heavy (non-hydrogen) atoms. The first-order chi connectivity index (χ1) is 6.63. The third-order valence-electron chi connectivity index (χ3n) is 1.62. The van der Waals surface area contributed by atoms with Gasteiger partial charge in [0.1, 0.15) is 5.78 Å². The summed E-state index contributed by atoms with van der Waals surface area (Å²) in [6.45, 7) is 9.20. The van der Waals surface area contributed by atoms with E-state index in [9.17, 15) is 9.59 Å². The Morgan fingerprint density at radius 3 is 2.07 bits per heavy atom. The number of carbonyl (C=O) groups excluding carboxylic acids is 2. The van der Waals surface area contributed by atoms with Gasteiger partial charge in [-0.2, -0.15) is 0 Å². The molecule has 0 aromatic heterocycles. The number of hydrogen-bond acceptors (Lipinski definition) is 4. The number of carbonyl (C=O) groups is 2. The van der Waals surface area contributed by atoms with Crippen LogP contribution in [0.3, 0.4) is 0 Å². The van der Waals surface area contributed by atoms with Crippen LogP contribution in [0.4, 0.5) is 0 Å². The van der Waals surface area contributed by atoms with Crippen LogP contribution in [0.15, 0.2) is 0 Å². The van der Waals surface area contributed by atoms with Crippen molar-refractivity contribution in [1.82, 2.24) is 4.31 Å². The molecule has 0 unspecified atom stereocenters. The first kappa shape index (κ1) is 14.5. The summed E-state index contributed by atoms with van der Waals surface area (Å²) >= 11 is 1.41. The van der Waals surface area contributed by atoms with Crippen LogP contribution in [-0.2, 0) is 9.59 Å². The van der Waals surface area contributed by atoms with Crippen molar-refractivity contribution in [3.8, 4) is 0 Å². The second-order valence-electron chi connectivity index (χ2n) is 4.50. The van der Waals surface area contributed by atoms with E-state index in [0.717, 1.165) is 0 Å². The van der Waals surface area contributed by atoms with Crippen LogP contribution in [0.25, 0.3) is 0 Å². The summed E-state index contributed by atoms with van der Waals surface area (Å²) in [7, 11) is 0. The summed E-state index contributed by atoms with van der Waals surface area (Å²) in [6.07, 6.45) is 0. The molecule has 0 saturated heterocycles. The van der Waals surface area contributed by atoms with Gasteiger partial charge in [-0.1, -0.05) is 0 Å². The largest absolute Gasteiger partial charge is 0.320 e. The Bertz CT molecular complexity index is 248. The van der Waals surface area contributed by atoms with Gasteiger partial charge in [0.25, 0.3) is 0 Å². The van der Waals surface area contributed by atoms with Crippen molar-refractivity contribution < 1.29 is 9.59 Å². The maximum atomic E-state index is 11.3. The fraction of sp³-hybridized carbons (Fsp3) is 0.800. The zero-order valence-electron chi connectivity index (χ0n) is 10.0. The van der Waals surface area contributed by atoms with Crippen molar-refractivity contribution in [3.05, 3.63) is 0 Å². The topological polar surface area (TPSA) is 63.4 Å². The monoisotopic (exact) mass is 232 g/mol. The highest BCUT2D eigenvalue weighted by molar-refractivity contribution is 7.98. The third-order valence-corrected chi connectivity index (χ3v) is 2.79. The quantitative estimate of drug-likeness (QED) is 0.740. The van der Waals surface area contributed by atoms with Crippen LogP contribution in [0.2, 0.25) is 0 Å². The van der Waals surface area contributed by atoms with Crippen molar-refractivity contribution in [2.24, 2.45) is 5.73 Å².